The van der Waals surface area contributed by atoms with Crippen molar-refractivity contribution in [1.29, 1.82) is 0 Å². The van der Waals surface area contributed by atoms with E-state index >= 15 is 0 Å². The second-order valence-electron chi connectivity index (χ2n) is 8.71. The van der Waals surface area contributed by atoms with Gasteiger partial charge in [-0.15, -0.1) is 0 Å². The van der Waals surface area contributed by atoms with Crippen LogP contribution in [0.1, 0.15) is 39.9 Å². The quantitative estimate of drug-likeness (QED) is 0.594. The third-order valence-electron chi connectivity index (χ3n) is 6.27. The summed E-state index contributed by atoms with van der Waals surface area (Å²) in [6, 6.07) is 10.9. The third kappa shape index (κ3) is 5.44. The van der Waals surface area contributed by atoms with Crippen LogP contribution in [0.5, 0.6) is 0 Å². The van der Waals surface area contributed by atoms with E-state index in [2.05, 4.69) is 23.3 Å². The lowest BCUT2D eigenvalue weighted by molar-refractivity contribution is -0.0328. The van der Waals surface area contributed by atoms with Crippen LogP contribution in [0.4, 0.5) is 18.9 Å². The number of piperidine rings is 1. The molecule has 4 rings (SSSR count). The van der Waals surface area contributed by atoms with E-state index in [0.29, 0.717) is 18.9 Å². The highest BCUT2D eigenvalue weighted by Crippen LogP contribution is 2.37. The molecule has 2 aromatic carbocycles. The van der Waals surface area contributed by atoms with Gasteiger partial charge in [-0.3, -0.25) is 4.79 Å². The fourth-order valence-corrected chi connectivity index (χ4v) is 5.07. The summed E-state index contributed by atoms with van der Waals surface area (Å²) in [5.74, 6) is -0.0215. The number of anilines is 1. The van der Waals surface area contributed by atoms with Crippen LogP contribution in [0.3, 0.4) is 0 Å². The number of aryl methyl sites for hydroxylation is 1. The second-order valence-corrected chi connectivity index (χ2v) is 9.85. The molecule has 1 N–H and O–H groups in total. The van der Waals surface area contributed by atoms with Crippen molar-refractivity contribution in [2.24, 2.45) is 5.92 Å². The van der Waals surface area contributed by atoms with Gasteiger partial charge in [0.05, 0.1) is 0 Å². The van der Waals surface area contributed by atoms with Crippen molar-refractivity contribution >= 4 is 23.2 Å². The largest absolute Gasteiger partial charge is 0.446 e. The summed E-state index contributed by atoms with van der Waals surface area (Å²) in [4.78, 5) is 15.5. The van der Waals surface area contributed by atoms with Gasteiger partial charge in [-0.25, -0.2) is 0 Å². The first-order valence-electron chi connectivity index (χ1n) is 10.7. The van der Waals surface area contributed by atoms with E-state index in [1.165, 1.54) is 12.1 Å². The summed E-state index contributed by atoms with van der Waals surface area (Å²) in [7, 11) is 2.14. The van der Waals surface area contributed by atoms with E-state index in [9.17, 15) is 18.0 Å². The average Bonchev–Trinajstić information content (AvgIpc) is 2.99. The number of halogens is 3. The Morgan fingerprint density at radius 1 is 1.13 bits per heavy atom. The lowest BCUT2D eigenvalue weighted by Gasteiger charge is -2.30. The first kappa shape index (κ1) is 22.2. The van der Waals surface area contributed by atoms with Crippen molar-refractivity contribution in [2.75, 3.05) is 25.5 Å². The Morgan fingerprint density at radius 2 is 1.81 bits per heavy atom. The number of carbonyl (C=O) groups is 1. The molecule has 166 valence electrons. The predicted octanol–water partition coefficient (Wildman–Crippen LogP) is 5.71. The molecular weight excluding hydrogens is 421 g/mol. The smallest absolute Gasteiger partial charge is 0.382 e. The van der Waals surface area contributed by atoms with Crippen molar-refractivity contribution in [3.63, 3.8) is 0 Å². The Kier molecular flexibility index (Phi) is 6.35. The van der Waals surface area contributed by atoms with Crippen LogP contribution in [0.25, 0.3) is 0 Å². The molecule has 1 fully saturated rings. The molecule has 1 unspecified atom stereocenters. The summed E-state index contributed by atoms with van der Waals surface area (Å²) in [5, 5.41) is 3.67. The molecule has 31 heavy (non-hydrogen) atoms. The van der Waals surface area contributed by atoms with Crippen LogP contribution < -0.4 is 5.32 Å². The zero-order chi connectivity index (χ0) is 22.2. The predicted molar refractivity (Wildman–Crippen MR) is 119 cm³/mol. The zero-order valence-electron chi connectivity index (χ0n) is 17.8. The van der Waals surface area contributed by atoms with Crippen LogP contribution in [-0.2, 0) is 12.8 Å². The Morgan fingerprint density at radius 3 is 2.45 bits per heavy atom. The molecule has 0 spiro atoms. The van der Waals surface area contributed by atoms with E-state index in [0.717, 1.165) is 53.9 Å². The van der Waals surface area contributed by atoms with Gasteiger partial charge in [-0.2, -0.15) is 13.2 Å². The molecule has 2 aromatic rings. The van der Waals surface area contributed by atoms with E-state index in [4.69, 9.17) is 0 Å². The number of carbonyl (C=O) groups excluding carboxylic acids is 1. The number of rotatable bonds is 5. The zero-order valence-corrected chi connectivity index (χ0v) is 18.6. The summed E-state index contributed by atoms with van der Waals surface area (Å²) >= 11 is -0.117. The van der Waals surface area contributed by atoms with Gasteiger partial charge in [-0.1, -0.05) is 12.1 Å². The Hall–Kier alpha value is -1.99. The number of Topliss-reactive ketones (excluding diaryl/α,β-unsaturated/α-hetero) is 1. The molecule has 1 aliphatic heterocycles. The SMILES string of the molecule is Cc1cc2c(cc1NC1CCN(C)CC1)CC(Cc1ccc(SC(F)(F)F)cc1)C2=O. The molecule has 2 aliphatic rings. The van der Waals surface area contributed by atoms with Crippen LogP contribution in [-0.4, -0.2) is 42.4 Å². The topological polar surface area (TPSA) is 32.3 Å². The van der Waals surface area contributed by atoms with Crippen molar-refractivity contribution in [3.8, 4) is 0 Å². The number of fused-ring (bicyclic) bond motifs is 1. The number of nitrogens with zero attached hydrogens (tertiary/aromatic N) is 1. The van der Waals surface area contributed by atoms with E-state index < -0.39 is 5.51 Å². The summed E-state index contributed by atoms with van der Waals surface area (Å²) in [5.41, 5.74) is 0.650. The van der Waals surface area contributed by atoms with Crippen molar-refractivity contribution in [2.45, 2.75) is 49.1 Å². The molecule has 0 bridgehead atoms. The van der Waals surface area contributed by atoms with Crippen molar-refractivity contribution in [3.05, 3.63) is 58.7 Å². The molecule has 1 atom stereocenters. The normalized spacial score (nSPS) is 20.2. The highest BCUT2D eigenvalue weighted by Gasteiger charge is 2.32. The third-order valence-corrected chi connectivity index (χ3v) is 7.01. The van der Waals surface area contributed by atoms with Gasteiger partial charge >= 0.3 is 5.51 Å². The summed E-state index contributed by atoms with van der Waals surface area (Å²) in [6.45, 7) is 4.21. The summed E-state index contributed by atoms with van der Waals surface area (Å²) in [6.07, 6.45) is 3.44. The lowest BCUT2D eigenvalue weighted by Crippen LogP contribution is -2.36. The van der Waals surface area contributed by atoms with Crippen LogP contribution in [0.15, 0.2) is 41.3 Å². The number of nitrogens with one attached hydrogen (secondary N) is 1. The fourth-order valence-electron chi connectivity index (χ4n) is 4.53. The first-order valence-corrected chi connectivity index (χ1v) is 11.5. The molecule has 3 nitrogen and oxygen atoms in total. The minimum atomic E-state index is -4.29. The molecule has 0 radical (unpaired) electrons. The lowest BCUT2D eigenvalue weighted by atomic mass is 9.96. The number of likely N-dealkylation sites (tertiary alicyclic amines) is 1. The second kappa shape index (κ2) is 8.87. The van der Waals surface area contributed by atoms with E-state index in [1.807, 2.05) is 13.0 Å². The number of thioether (sulfide) groups is 1. The number of benzene rings is 2. The summed E-state index contributed by atoms with van der Waals surface area (Å²) < 4.78 is 37.5. The van der Waals surface area contributed by atoms with E-state index in [-0.39, 0.29) is 28.4 Å². The highest BCUT2D eigenvalue weighted by molar-refractivity contribution is 8.00. The molecule has 7 heteroatoms. The molecule has 0 saturated carbocycles. The van der Waals surface area contributed by atoms with Gasteiger partial charge in [0.1, 0.15) is 0 Å². The minimum absolute atomic E-state index is 0.117. The van der Waals surface area contributed by atoms with Gasteiger partial charge in [0.25, 0.3) is 0 Å². The Labute approximate surface area is 185 Å². The standard InChI is InChI=1S/C24H27F3N2OS/c1-15-11-21-17(14-22(15)28-19-7-9-29(2)10-8-19)13-18(23(21)30)12-16-3-5-20(6-4-16)31-24(25,26)27/h3-6,11,14,18-19,28H,7-10,12-13H2,1-2H3. The molecule has 1 aliphatic carbocycles. The average molecular weight is 449 g/mol. The Bertz CT molecular complexity index is 951. The number of hydrogen-bond acceptors (Lipinski definition) is 4. The van der Waals surface area contributed by atoms with E-state index in [1.54, 1.807) is 12.1 Å². The molecule has 0 amide bonds. The van der Waals surface area contributed by atoms with Gasteiger partial charge in [0.15, 0.2) is 5.78 Å². The highest BCUT2D eigenvalue weighted by atomic mass is 32.2. The van der Waals surface area contributed by atoms with Gasteiger partial charge in [0, 0.05) is 28.1 Å². The number of hydrogen-bond donors (Lipinski definition) is 1. The van der Waals surface area contributed by atoms with Gasteiger partial charge in [-0.05, 0) is 105 Å². The van der Waals surface area contributed by atoms with Crippen molar-refractivity contribution < 1.29 is 18.0 Å². The molecule has 1 saturated heterocycles. The molecule has 0 aromatic heterocycles. The first-order chi connectivity index (χ1) is 14.7. The maximum Gasteiger partial charge on any atom is 0.446 e. The number of alkyl halides is 3. The number of ketones is 1. The maximum absolute atomic E-state index is 13.0. The van der Waals surface area contributed by atoms with Crippen molar-refractivity contribution in [1.82, 2.24) is 4.90 Å². The van der Waals surface area contributed by atoms with Gasteiger partial charge in [0.2, 0.25) is 0 Å². The van der Waals surface area contributed by atoms with Crippen LogP contribution >= 0.6 is 11.8 Å². The Balaban J connectivity index is 1.43. The van der Waals surface area contributed by atoms with Crippen LogP contribution in [0.2, 0.25) is 0 Å². The van der Waals surface area contributed by atoms with Gasteiger partial charge < -0.3 is 10.2 Å². The minimum Gasteiger partial charge on any atom is -0.382 e. The fraction of sp³-hybridized carbons (Fsp3) is 0.458. The van der Waals surface area contributed by atoms with Crippen LogP contribution in [0, 0.1) is 12.8 Å². The molecular formula is C24H27F3N2OS. The molecule has 1 heterocycles. The monoisotopic (exact) mass is 448 g/mol. The maximum atomic E-state index is 13.0.